The maximum Gasteiger partial charge on any atom is 0.226 e. The van der Waals surface area contributed by atoms with Gasteiger partial charge in [-0.15, -0.1) is 0 Å². The third-order valence-corrected chi connectivity index (χ3v) is 2.62. The van der Waals surface area contributed by atoms with Gasteiger partial charge in [-0.1, -0.05) is 0 Å². The Balaban J connectivity index is 1.87. The molecule has 0 fully saturated rings. The average Bonchev–Trinajstić information content (AvgIpc) is 2.94. The molecule has 8 heteroatoms. The molecule has 0 spiro atoms. The first-order valence-electron chi connectivity index (χ1n) is 5.34. The second kappa shape index (κ2) is 4.26. The minimum absolute atomic E-state index is 0.162. The van der Waals surface area contributed by atoms with Crippen LogP contribution in [0.25, 0.3) is 11.2 Å². The Labute approximate surface area is 107 Å². The molecule has 0 aliphatic heterocycles. The average molecular weight is 264 g/mol. The summed E-state index contributed by atoms with van der Waals surface area (Å²) in [7, 11) is 0. The summed E-state index contributed by atoms with van der Waals surface area (Å²) < 4.78 is 0. The number of aryl methyl sites for hydroxylation is 1. The van der Waals surface area contributed by atoms with Gasteiger partial charge in [-0.25, -0.2) is 4.98 Å². The normalized spacial score (nSPS) is 11.0. The fourth-order valence-electron chi connectivity index (χ4n) is 1.67. The van der Waals surface area contributed by atoms with Gasteiger partial charge in [-0.05, 0) is 24.6 Å². The van der Waals surface area contributed by atoms with Gasteiger partial charge in [0.15, 0.2) is 11.5 Å². The molecule has 0 atom stereocenters. The molecule has 3 aromatic rings. The lowest BCUT2D eigenvalue weighted by atomic mass is 10.3. The highest BCUT2D eigenvalue weighted by atomic mass is 35.5. The van der Waals surface area contributed by atoms with Crippen molar-refractivity contribution in [2.45, 2.75) is 13.5 Å². The maximum absolute atomic E-state index is 5.83. The maximum atomic E-state index is 5.83. The zero-order chi connectivity index (χ0) is 12.5. The number of imidazole rings is 1. The number of nitrogens with zero attached hydrogens (tertiary/aromatic N) is 4. The summed E-state index contributed by atoms with van der Waals surface area (Å²) in [5, 5.41) is 10.3. The molecule has 0 aliphatic carbocycles. The number of halogens is 1. The van der Waals surface area contributed by atoms with Crippen molar-refractivity contribution < 1.29 is 0 Å². The fraction of sp³-hybridized carbons (Fsp3) is 0.200. The Morgan fingerprint density at radius 3 is 3.06 bits per heavy atom. The first-order chi connectivity index (χ1) is 8.72. The lowest BCUT2D eigenvalue weighted by Gasteiger charge is -2.04. The van der Waals surface area contributed by atoms with Crippen molar-refractivity contribution >= 4 is 28.6 Å². The number of H-pyrrole nitrogens is 2. The van der Waals surface area contributed by atoms with Gasteiger partial charge in [0.05, 0.1) is 18.6 Å². The summed E-state index contributed by atoms with van der Waals surface area (Å²) in [5.41, 5.74) is 3.18. The lowest BCUT2D eigenvalue weighted by molar-refractivity contribution is 0.962. The van der Waals surface area contributed by atoms with Crippen LogP contribution in [-0.4, -0.2) is 30.1 Å². The Kier molecular flexibility index (Phi) is 2.60. The van der Waals surface area contributed by atoms with E-state index < -0.39 is 0 Å². The topological polar surface area (TPSA) is 95.2 Å². The minimum atomic E-state index is 0.162. The van der Waals surface area contributed by atoms with Crippen molar-refractivity contribution in [3.8, 4) is 0 Å². The van der Waals surface area contributed by atoms with Crippen LogP contribution in [0.3, 0.4) is 0 Å². The minimum Gasteiger partial charge on any atom is -0.362 e. The molecule has 3 heterocycles. The second-order valence-corrected chi connectivity index (χ2v) is 4.18. The number of rotatable bonds is 3. The van der Waals surface area contributed by atoms with Crippen LogP contribution in [-0.2, 0) is 6.54 Å². The van der Waals surface area contributed by atoms with Crippen LogP contribution < -0.4 is 5.32 Å². The van der Waals surface area contributed by atoms with E-state index in [0.29, 0.717) is 18.0 Å². The molecule has 0 bridgehead atoms. The summed E-state index contributed by atoms with van der Waals surface area (Å²) in [6.07, 6.45) is 1.56. The zero-order valence-corrected chi connectivity index (χ0v) is 10.3. The van der Waals surface area contributed by atoms with Crippen LogP contribution in [0.4, 0.5) is 5.82 Å². The van der Waals surface area contributed by atoms with E-state index in [0.717, 1.165) is 16.9 Å². The highest BCUT2D eigenvalue weighted by Gasteiger charge is 2.09. The number of hydrogen-bond donors (Lipinski definition) is 3. The summed E-state index contributed by atoms with van der Waals surface area (Å²) in [6, 6.07) is 1.96. The van der Waals surface area contributed by atoms with Crippen LogP contribution in [0.2, 0.25) is 5.28 Å². The van der Waals surface area contributed by atoms with Gasteiger partial charge in [0.2, 0.25) is 5.28 Å². The number of fused-ring (bicyclic) bond motifs is 1. The third-order valence-electron chi connectivity index (χ3n) is 2.45. The van der Waals surface area contributed by atoms with E-state index in [4.69, 9.17) is 11.6 Å². The molecule has 0 unspecified atom stereocenters. The van der Waals surface area contributed by atoms with E-state index >= 15 is 0 Å². The Bertz CT molecular complexity index is 686. The molecular weight excluding hydrogens is 254 g/mol. The largest absolute Gasteiger partial charge is 0.362 e. The molecule has 18 heavy (non-hydrogen) atoms. The van der Waals surface area contributed by atoms with E-state index in [-0.39, 0.29) is 5.28 Å². The molecule has 3 N–H and O–H groups in total. The van der Waals surface area contributed by atoms with E-state index in [9.17, 15) is 0 Å². The molecular formula is C10H10ClN7. The van der Waals surface area contributed by atoms with Gasteiger partial charge in [0, 0.05) is 5.69 Å². The molecule has 0 amide bonds. The highest BCUT2D eigenvalue weighted by Crippen LogP contribution is 2.18. The molecule has 3 aromatic heterocycles. The number of anilines is 1. The van der Waals surface area contributed by atoms with Crippen molar-refractivity contribution in [3.63, 3.8) is 0 Å². The van der Waals surface area contributed by atoms with Crippen molar-refractivity contribution in [2.24, 2.45) is 0 Å². The fourth-order valence-corrected chi connectivity index (χ4v) is 1.84. The van der Waals surface area contributed by atoms with Crippen LogP contribution in [0.1, 0.15) is 11.4 Å². The monoisotopic (exact) mass is 263 g/mol. The zero-order valence-electron chi connectivity index (χ0n) is 9.53. The Morgan fingerprint density at radius 1 is 1.39 bits per heavy atom. The summed E-state index contributed by atoms with van der Waals surface area (Å²) in [5.74, 6) is 0.614. The van der Waals surface area contributed by atoms with E-state index in [1.807, 2.05) is 13.0 Å². The van der Waals surface area contributed by atoms with Crippen molar-refractivity contribution in [1.29, 1.82) is 0 Å². The number of hydrogen-bond acceptors (Lipinski definition) is 5. The van der Waals surface area contributed by atoms with E-state index in [1.165, 1.54) is 0 Å². The number of aromatic amines is 2. The van der Waals surface area contributed by atoms with Gasteiger partial charge < -0.3 is 10.3 Å². The lowest BCUT2D eigenvalue weighted by Crippen LogP contribution is -2.03. The molecule has 3 rings (SSSR count). The number of nitrogens with one attached hydrogen (secondary N) is 3. The van der Waals surface area contributed by atoms with Crippen molar-refractivity contribution in [2.75, 3.05) is 5.32 Å². The standard InChI is InChI=1S/C10H10ClN7/c1-5-2-6(18-17-5)3-12-8-7-9(14-4-13-7)16-10(11)15-8/h2,4H,3H2,1H3,(H,17,18)(H2,12,13,14,15,16). The molecule has 0 aliphatic rings. The predicted molar refractivity (Wildman–Crippen MR) is 67.3 cm³/mol. The molecule has 7 nitrogen and oxygen atoms in total. The second-order valence-electron chi connectivity index (χ2n) is 3.84. The smallest absolute Gasteiger partial charge is 0.226 e. The van der Waals surface area contributed by atoms with Crippen LogP contribution in [0.15, 0.2) is 12.4 Å². The Hall–Kier alpha value is -2.15. The van der Waals surface area contributed by atoms with Gasteiger partial charge in [-0.3, -0.25) is 5.10 Å². The van der Waals surface area contributed by atoms with Crippen molar-refractivity contribution in [3.05, 3.63) is 29.1 Å². The summed E-state index contributed by atoms with van der Waals surface area (Å²) in [4.78, 5) is 15.2. The highest BCUT2D eigenvalue weighted by molar-refractivity contribution is 6.28. The van der Waals surface area contributed by atoms with Crippen LogP contribution >= 0.6 is 11.6 Å². The first kappa shape index (κ1) is 11.0. The summed E-state index contributed by atoms with van der Waals surface area (Å²) in [6.45, 7) is 2.50. The van der Waals surface area contributed by atoms with Crippen LogP contribution in [0.5, 0.6) is 0 Å². The van der Waals surface area contributed by atoms with E-state index in [1.54, 1.807) is 6.33 Å². The van der Waals surface area contributed by atoms with E-state index in [2.05, 4.69) is 35.5 Å². The summed E-state index contributed by atoms with van der Waals surface area (Å²) >= 11 is 5.83. The predicted octanol–water partition coefficient (Wildman–Crippen LogP) is 1.65. The molecule has 0 saturated heterocycles. The molecule has 0 aromatic carbocycles. The van der Waals surface area contributed by atoms with Gasteiger partial charge in [0.25, 0.3) is 0 Å². The van der Waals surface area contributed by atoms with Gasteiger partial charge >= 0.3 is 0 Å². The van der Waals surface area contributed by atoms with Gasteiger partial charge in [-0.2, -0.15) is 15.1 Å². The molecule has 0 saturated carbocycles. The Morgan fingerprint density at radius 2 is 2.28 bits per heavy atom. The SMILES string of the molecule is Cc1cc(CNc2nc(Cl)nc3nc[nH]c23)n[nH]1. The molecule has 0 radical (unpaired) electrons. The van der Waals surface area contributed by atoms with Crippen LogP contribution in [0, 0.1) is 6.92 Å². The third kappa shape index (κ3) is 2.00. The first-order valence-corrected chi connectivity index (χ1v) is 5.71. The quantitative estimate of drug-likeness (QED) is 0.625. The molecule has 92 valence electrons. The number of aromatic nitrogens is 6. The van der Waals surface area contributed by atoms with Crippen molar-refractivity contribution in [1.82, 2.24) is 30.1 Å². The van der Waals surface area contributed by atoms with Gasteiger partial charge in [0.1, 0.15) is 5.52 Å².